The van der Waals surface area contributed by atoms with Crippen LogP contribution in [0.4, 0.5) is 0 Å². The van der Waals surface area contributed by atoms with E-state index in [9.17, 15) is 0 Å². The molecule has 3 atom stereocenters. The minimum absolute atomic E-state index is 0.233. The number of benzene rings is 2. The Morgan fingerprint density at radius 3 is 2.21 bits per heavy atom. The number of rotatable bonds is 8. The van der Waals surface area contributed by atoms with Gasteiger partial charge >= 0.3 is 0 Å². The summed E-state index contributed by atoms with van der Waals surface area (Å²) < 4.78 is 23.8. The maximum atomic E-state index is 6.92. The van der Waals surface area contributed by atoms with Crippen LogP contribution in [0.25, 0.3) is 0 Å². The summed E-state index contributed by atoms with van der Waals surface area (Å²) in [4.78, 5) is 0. The van der Waals surface area contributed by atoms with Crippen molar-refractivity contribution in [2.45, 2.75) is 38.3 Å². The molecule has 2 unspecified atom stereocenters. The third kappa shape index (κ3) is 4.60. The summed E-state index contributed by atoms with van der Waals surface area (Å²) in [5.41, 5.74) is 3.58. The zero-order valence-corrected chi connectivity index (χ0v) is 19.8. The van der Waals surface area contributed by atoms with Crippen molar-refractivity contribution in [3.63, 3.8) is 0 Å². The van der Waals surface area contributed by atoms with E-state index < -0.39 is 5.60 Å². The second-order valence-electron chi connectivity index (χ2n) is 8.70. The molecule has 0 N–H and O–H groups in total. The largest absolute Gasteiger partial charge is 0.502 e. The molecule has 1 aliphatic heterocycles. The normalized spacial score (nSPS) is 22.2. The highest BCUT2D eigenvalue weighted by Crippen LogP contribution is 2.46. The molecule has 2 radical (unpaired) electrons. The Kier molecular flexibility index (Phi) is 6.99. The van der Waals surface area contributed by atoms with Gasteiger partial charge in [-0.3, -0.25) is 0 Å². The van der Waals surface area contributed by atoms with Crippen molar-refractivity contribution in [2.24, 2.45) is 5.92 Å². The minimum atomic E-state index is -0.805. The fraction of sp³-hybridized carbons (Fsp3) is 0.357. The highest BCUT2D eigenvalue weighted by Gasteiger charge is 2.41. The molecule has 2 aromatic carbocycles. The van der Waals surface area contributed by atoms with E-state index in [0.717, 1.165) is 52.4 Å². The summed E-state index contributed by atoms with van der Waals surface area (Å²) in [5, 5.41) is 0. The van der Waals surface area contributed by atoms with E-state index in [4.69, 9.17) is 26.8 Å². The van der Waals surface area contributed by atoms with Crippen LogP contribution in [-0.2, 0) is 19.8 Å². The molecule has 1 aliphatic carbocycles. The van der Waals surface area contributed by atoms with E-state index in [1.54, 1.807) is 14.2 Å². The Labute approximate surface area is 198 Å². The van der Waals surface area contributed by atoms with Gasteiger partial charge in [-0.25, -0.2) is 0 Å². The standard InChI is InChI=1S/C28H31BO4/c1-19-16-23(12-15-25(19)31-4)28(21-8-6-5-7-9-21,22-10-13-24(30-3)14-11-22)32-18-26-20(2)17-27(29)33-26/h5-15,19,27H,16-18H2,1-4H3/t19?,27-,28?/m1/s1. The second kappa shape index (κ2) is 9.92. The lowest BCUT2D eigenvalue weighted by atomic mass is 9.74. The van der Waals surface area contributed by atoms with Gasteiger partial charge in [-0.05, 0) is 60.2 Å². The quantitative estimate of drug-likeness (QED) is 0.496. The zero-order valence-electron chi connectivity index (χ0n) is 19.8. The molecule has 0 bridgehead atoms. The topological polar surface area (TPSA) is 36.9 Å². The van der Waals surface area contributed by atoms with E-state index in [2.05, 4.69) is 50.3 Å². The molecule has 170 valence electrons. The lowest BCUT2D eigenvalue weighted by molar-refractivity contribution is -0.00140. The van der Waals surface area contributed by atoms with E-state index in [0.29, 0.717) is 6.61 Å². The summed E-state index contributed by atoms with van der Waals surface area (Å²) in [7, 11) is 9.43. The third-order valence-electron chi connectivity index (χ3n) is 6.52. The number of hydrogen-bond acceptors (Lipinski definition) is 4. The number of hydrogen-bond donors (Lipinski definition) is 0. The summed E-state index contributed by atoms with van der Waals surface area (Å²) in [6.07, 6.45) is 5.72. The van der Waals surface area contributed by atoms with E-state index in [1.807, 2.05) is 30.3 Å². The molecule has 0 aromatic heterocycles. The van der Waals surface area contributed by atoms with Crippen LogP contribution < -0.4 is 4.74 Å². The fourth-order valence-electron chi connectivity index (χ4n) is 4.74. The van der Waals surface area contributed by atoms with Crippen molar-refractivity contribution in [3.8, 4) is 5.75 Å². The lowest BCUT2D eigenvalue weighted by Gasteiger charge is -2.40. The van der Waals surface area contributed by atoms with E-state index in [-0.39, 0.29) is 11.9 Å². The van der Waals surface area contributed by atoms with Crippen molar-refractivity contribution in [3.05, 3.63) is 101 Å². The summed E-state index contributed by atoms with van der Waals surface area (Å²) >= 11 is 0. The molecule has 0 spiro atoms. The van der Waals surface area contributed by atoms with Gasteiger partial charge in [0.1, 0.15) is 31.6 Å². The Hall–Kier alpha value is -2.92. The SMILES string of the molecule is [B][C@H]1CC(C)=C(COC(C2=CC=C(OC)C(C)C2)(c2ccccc2)c2ccc(OC)cc2)O1. The average molecular weight is 442 g/mol. The predicted octanol–water partition coefficient (Wildman–Crippen LogP) is 5.64. The predicted molar refractivity (Wildman–Crippen MR) is 131 cm³/mol. The van der Waals surface area contributed by atoms with Crippen LogP contribution in [-0.4, -0.2) is 34.7 Å². The number of ether oxygens (including phenoxy) is 4. The average Bonchev–Trinajstić information content (AvgIpc) is 3.17. The van der Waals surface area contributed by atoms with Crippen LogP contribution in [0.2, 0.25) is 0 Å². The molecular weight excluding hydrogens is 411 g/mol. The van der Waals surface area contributed by atoms with Gasteiger partial charge < -0.3 is 18.9 Å². The van der Waals surface area contributed by atoms with Gasteiger partial charge in [-0.15, -0.1) is 0 Å². The van der Waals surface area contributed by atoms with Gasteiger partial charge in [0.2, 0.25) is 0 Å². The monoisotopic (exact) mass is 442 g/mol. The van der Waals surface area contributed by atoms with Gasteiger partial charge in [0.25, 0.3) is 0 Å². The maximum Gasteiger partial charge on any atom is 0.140 e. The summed E-state index contributed by atoms with van der Waals surface area (Å²) in [6, 6.07) is 18.2. The molecule has 5 heteroatoms. The van der Waals surface area contributed by atoms with Crippen LogP contribution >= 0.6 is 0 Å². The van der Waals surface area contributed by atoms with Crippen molar-refractivity contribution < 1.29 is 18.9 Å². The summed E-state index contributed by atoms with van der Waals surface area (Å²) in [6.45, 7) is 4.56. The molecule has 0 saturated heterocycles. The zero-order chi connectivity index (χ0) is 23.4. The first kappa shape index (κ1) is 23.3. The first-order valence-corrected chi connectivity index (χ1v) is 11.4. The molecule has 4 nitrogen and oxygen atoms in total. The smallest absolute Gasteiger partial charge is 0.140 e. The fourth-order valence-corrected chi connectivity index (χ4v) is 4.74. The van der Waals surface area contributed by atoms with Crippen LogP contribution in [0.15, 0.2) is 89.4 Å². The molecule has 0 amide bonds. The van der Waals surface area contributed by atoms with Crippen LogP contribution in [0, 0.1) is 5.92 Å². The number of methoxy groups -OCH3 is 2. The molecular formula is C28H31BO4. The van der Waals surface area contributed by atoms with Gasteiger partial charge in [0.15, 0.2) is 0 Å². The van der Waals surface area contributed by atoms with Gasteiger partial charge in [0.05, 0.1) is 26.0 Å². The Bertz CT molecular complexity index is 1060. The first-order chi connectivity index (χ1) is 16.0. The first-order valence-electron chi connectivity index (χ1n) is 11.4. The van der Waals surface area contributed by atoms with Crippen molar-refractivity contribution in [1.29, 1.82) is 0 Å². The molecule has 33 heavy (non-hydrogen) atoms. The lowest BCUT2D eigenvalue weighted by Crippen LogP contribution is -2.36. The maximum absolute atomic E-state index is 6.92. The van der Waals surface area contributed by atoms with Gasteiger partial charge in [-0.2, -0.15) is 0 Å². The second-order valence-corrected chi connectivity index (χ2v) is 8.70. The van der Waals surface area contributed by atoms with Crippen LogP contribution in [0.5, 0.6) is 5.75 Å². The van der Waals surface area contributed by atoms with Crippen LogP contribution in [0.1, 0.15) is 37.8 Å². The van der Waals surface area contributed by atoms with Crippen molar-refractivity contribution in [1.82, 2.24) is 0 Å². The molecule has 0 fully saturated rings. The molecule has 1 heterocycles. The van der Waals surface area contributed by atoms with Crippen molar-refractivity contribution in [2.75, 3.05) is 20.8 Å². The van der Waals surface area contributed by atoms with E-state index >= 15 is 0 Å². The van der Waals surface area contributed by atoms with Gasteiger partial charge in [-0.1, -0.05) is 55.5 Å². The third-order valence-corrected chi connectivity index (χ3v) is 6.52. The van der Waals surface area contributed by atoms with Crippen molar-refractivity contribution >= 4 is 7.85 Å². The van der Waals surface area contributed by atoms with Crippen LogP contribution in [0.3, 0.4) is 0 Å². The molecule has 2 aliphatic rings. The Morgan fingerprint density at radius 2 is 1.64 bits per heavy atom. The molecule has 0 saturated carbocycles. The number of allylic oxidation sites excluding steroid dienone is 3. The highest BCUT2D eigenvalue weighted by atomic mass is 16.5. The van der Waals surface area contributed by atoms with E-state index in [1.165, 1.54) is 0 Å². The Balaban J connectivity index is 1.86. The Morgan fingerprint density at radius 1 is 0.939 bits per heavy atom. The summed E-state index contributed by atoms with van der Waals surface area (Å²) in [5.74, 6) is 2.82. The molecule has 4 rings (SSSR count). The highest BCUT2D eigenvalue weighted by molar-refractivity contribution is 6.11. The van der Waals surface area contributed by atoms with Gasteiger partial charge in [0, 0.05) is 5.92 Å². The molecule has 2 aromatic rings. The minimum Gasteiger partial charge on any atom is -0.502 e.